The number of primary amides is 1. The number of hydrogen-bond donors (Lipinski definition) is 1. The number of benzene rings is 2. The van der Waals surface area contributed by atoms with Crippen LogP contribution in [0, 0.1) is 0 Å². The number of sulfone groups is 1. The minimum absolute atomic E-state index is 0.113. The summed E-state index contributed by atoms with van der Waals surface area (Å²) in [5.41, 5.74) is 7.67. The number of amides is 1. The normalized spacial score (nSPS) is 11.7. The zero-order valence-corrected chi connectivity index (χ0v) is 13.0. The Balaban J connectivity index is 1.80. The second-order valence-corrected chi connectivity index (χ2v) is 7.32. The number of carbonyl (C=O) groups excluding carboxylic acids is 1. The van der Waals surface area contributed by atoms with Crippen molar-refractivity contribution in [2.75, 3.05) is 0 Å². The molecule has 118 valence electrons. The van der Waals surface area contributed by atoms with Gasteiger partial charge in [-0.2, -0.15) is 0 Å². The lowest BCUT2D eigenvalue weighted by Gasteiger charge is -2.07. The predicted octanol–water partition coefficient (Wildman–Crippen LogP) is 1.71. The summed E-state index contributed by atoms with van der Waals surface area (Å²) in [6, 6.07) is 13.6. The lowest BCUT2D eigenvalue weighted by atomic mass is 10.1. The van der Waals surface area contributed by atoms with Crippen LogP contribution in [0.4, 0.5) is 0 Å². The SMILES string of the molecule is NC(=O)c1ccc(CS(=O)(=O)Cn2cnc3ccccc32)cc1. The zero-order valence-electron chi connectivity index (χ0n) is 12.2. The van der Waals surface area contributed by atoms with E-state index in [1.54, 1.807) is 16.7 Å². The van der Waals surface area contributed by atoms with Gasteiger partial charge in [0.15, 0.2) is 9.84 Å². The van der Waals surface area contributed by atoms with E-state index in [0.717, 1.165) is 11.0 Å². The van der Waals surface area contributed by atoms with Crippen LogP contribution in [-0.2, 0) is 21.5 Å². The van der Waals surface area contributed by atoms with Crippen molar-refractivity contribution in [3.63, 3.8) is 0 Å². The summed E-state index contributed by atoms with van der Waals surface area (Å²) in [7, 11) is -3.38. The molecule has 0 aliphatic rings. The van der Waals surface area contributed by atoms with Gasteiger partial charge in [-0.25, -0.2) is 13.4 Å². The number of carbonyl (C=O) groups is 1. The standard InChI is InChI=1S/C16H15N3O3S/c17-16(20)13-7-5-12(6-8-13)9-23(21,22)11-19-10-18-14-3-1-2-4-15(14)19/h1-8,10H,9,11H2,(H2,17,20). The van der Waals surface area contributed by atoms with Crippen LogP contribution < -0.4 is 5.73 Å². The fourth-order valence-electron chi connectivity index (χ4n) is 2.39. The molecular formula is C16H15N3O3S. The Bertz CT molecular complexity index is 960. The third-order valence-corrected chi connectivity index (χ3v) is 4.93. The van der Waals surface area contributed by atoms with Crippen molar-refractivity contribution in [2.45, 2.75) is 11.6 Å². The maximum atomic E-state index is 12.4. The minimum Gasteiger partial charge on any atom is -0.366 e. The van der Waals surface area contributed by atoms with Crippen LogP contribution in [0.25, 0.3) is 11.0 Å². The second kappa shape index (κ2) is 5.85. The van der Waals surface area contributed by atoms with E-state index in [4.69, 9.17) is 5.73 Å². The van der Waals surface area contributed by atoms with Crippen LogP contribution in [0.15, 0.2) is 54.9 Å². The summed E-state index contributed by atoms with van der Waals surface area (Å²) in [6.07, 6.45) is 1.53. The summed E-state index contributed by atoms with van der Waals surface area (Å²) in [4.78, 5) is 15.2. The third kappa shape index (κ3) is 3.40. The maximum Gasteiger partial charge on any atom is 0.248 e. The summed E-state index contributed by atoms with van der Waals surface area (Å²) < 4.78 is 26.4. The Morgan fingerprint density at radius 1 is 1.09 bits per heavy atom. The average Bonchev–Trinajstić information content (AvgIpc) is 2.90. The van der Waals surface area contributed by atoms with E-state index in [1.165, 1.54) is 18.5 Å². The second-order valence-electron chi connectivity index (χ2n) is 5.28. The van der Waals surface area contributed by atoms with Gasteiger partial charge in [0.2, 0.25) is 5.91 Å². The number of rotatable bonds is 5. The van der Waals surface area contributed by atoms with E-state index < -0.39 is 15.7 Å². The molecule has 0 spiro atoms. The molecule has 0 unspecified atom stereocenters. The molecule has 0 bridgehead atoms. The van der Waals surface area contributed by atoms with Gasteiger partial charge in [-0.3, -0.25) is 4.79 Å². The van der Waals surface area contributed by atoms with E-state index in [1.807, 2.05) is 24.3 Å². The number of aromatic nitrogens is 2. The number of fused-ring (bicyclic) bond motifs is 1. The van der Waals surface area contributed by atoms with Crippen LogP contribution in [0.3, 0.4) is 0 Å². The molecule has 3 rings (SSSR count). The van der Waals surface area contributed by atoms with Crippen molar-refractivity contribution in [3.8, 4) is 0 Å². The highest BCUT2D eigenvalue weighted by molar-refractivity contribution is 7.89. The molecule has 0 fully saturated rings. The van der Waals surface area contributed by atoms with Crippen LogP contribution in [-0.4, -0.2) is 23.9 Å². The molecular weight excluding hydrogens is 314 g/mol. The van der Waals surface area contributed by atoms with Crippen LogP contribution in [0.5, 0.6) is 0 Å². The van der Waals surface area contributed by atoms with Crippen molar-refractivity contribution >= 4 is 26.8 Å². The van der Waals surface area contributed by atoms with Crippen LogP contribution in [0.2, 0.25) is 0 Å². The van der Waals surface area contributed by atoms with E-state index in [0.29, 0.717) is 11.1 Å². The summed E-state index contributed by atoms with van der Waals surface area (Å²) in [5.74, 6) is -0.798. The van der Waals surface area contributed by atoms with Crippen molar-refractivity contribution in [1.29, 1.82) is 0 Å². The number of imidazole rings is 1. The minimum atomic E-state index is -3.38. The maximum absolute atomic E-state index is 12.4. The van der Waals surface area contributed by atoms with Crippen molar-refractivity contribution in [1.82, 2.24) is 9.55 Å². The first-order chi connectivity index (χ1) is 10.9. The first kappa shape index (κ1) is 15.2. The quantitative estimate of drug-likeness (QED) is 0.771. The lowest BCUT2D eigenvalue weighted by Crippen LogP contribution is -2.13. The highest BCUT2D eigenvalue weighted by Gasteiger charge is 2.15. The molecule has 1 aromatic heterocycles. The fourth-order valence-corrected chi connectivity index (χ4v) is 3.81. The van der Waals surface area contributed by atoms with E-state index in [9.17, 15) is 13.2 Å². The molecule has 1 heterocycles. The van der Waals surface area contributed by atoms with Gasteiger partial charge in [0, 0.05) is 5.56 Å². The van der Waals surface area contributed by atoms with Crippen LogP contribution in [0.1, 0.15) is 15.9 Å². The van der Waals surface area contributed by atoms with Gasteiger partial charge in [0.1, 0.15) is 5.88 Å². The van der Waals surface area contributed by atoms with Crippen molar-refractivity contribution in [2.24, 2.45) is 5.73 Å². The first-order valence-electron chi connectivity index (χ1n) is 6.94. The fraction of sp³-hybridized carbons (Fsp3) is 0.125. The Hall–Kier alpha value is -2.67. The summed E-state index contributed by atoms with van der Waals surface area (Å²) in [5, 5.41) is 0. The Morgan fingerprint density at radius 3 is 2.48 bits per heavy atom. The Kier molecular flexibility index (Phi) is 3.87. The molecule has 0 atom stereocenters. The molecule has 23 heavy (non-hydrogen) atoms. The molecule has 0 aliphatic heterocycles. The molecule has 2 aromatic carbocycles. The largest absolute Gasteiger partial charge is 0.366 e. The third-order valence-electron chi connectivity index (χ3n) is 3.49. The lowest BCUT2D eigenvalue weighted by molar-refractivity contribution is 0.100. The van der Waals surface area contributed by atoms with Crippen LogP contribution >= 0.6 is 0 Å². The molecule has 2 N–H and O–H groups in total. The Labute approximate surface area is 133 Å². The molecule has 0 radical (unpaired) electrons. The van der Waals surface area contributed by atoms with Gasteiger partial charge < -0.3 is 10.3 Å². The zero-order chi connectivity index (χ0) is 16.4. The van der Waals surface area contributed by atoms with E-state index >= 15 is 0 Å². The number of hydrogen-bond acceptors (Lipinski definition) is 4. The van der Waals surface area contributed by atoms with Gasteiger partial charge in [-0.15, -0.1) is 0 Å². The van der Waals surface area contributed by atoms with Gasteiger partial charge in [-0.05, 0) is 29.8 Å². The van der Waals surface area contributed by atoms with E-state index in [2.05, 4.69) is 4.98 Å². The molecule has 0 aliphatic carbocycles. The predicted molar refractivity (Wildman–Crippen MR) is 87.3 cm³/mol. The topological polar surface area (TPSA) is 95.0 Å². The first-order valence-corrected chi connectivity index (χ1v) is 8.76. The molecule has 0 saturated carbocycles. The average molecular weight is 329 g/mol. The number of nitrogens with zero attached hydrogens (tertiary/aromatic N) is 2. The smallest absolute Gasteiger partial charge is 0.248 e. The number of nitrogens with two attached hydrogens (primary N) is 1. The molecule has 3 aromatic rings. The van der Waals surface area contributed by atoms with Crippen molar-refractivity contribution < 1.29 is 13.2 Å². The van der Waals surface area contributed by atoms with Gasteiger partial charge in [-0.1, -0.05) is 24.3 Å². The highest BCUT2D eigenvalue weighted by Crippen LogP contribution is 2.15. The Morgan fingerprint density at radius 2 is 1.78 bits per heavy atom. The number of para-hydroxylation sites is 2. The molecule has 1 amide bonds. The molecule has 0 saturated heterocycles. The van der Waals surface area contributed by atoms with Gasteiger partial charge in [0.05, 0.1) is 23.1 Å². The molecule has 7 heteroatoms. The van der Waals surface area contributed by atoms with Gasteiger partial charge >= 0.3 is 0 Å². The van der Waals surface area contributed by atoms with E-state index in [-0.39, 0.29) is 11.6 Å². The summed E-state index contributed by atoms with van der Waals surface area (Å²) in [6.45, 7) is 0. The monoisotopic (exact) mass is 329 g/mol. The summed E-state index contributed by atoms with van der Waals surface area (Å²) >= 11 is 0. The van der Waals surface area contributed by atoms with Crippen molar-refractivity contribution in [3.05, 3.63) is 66.0 Å². The highest BCUT2D eigenvalue weighted by atomic mass is 32.2. The van der Waals surface area contributed by atoms with Gasteiger partial charge in [0.25, 0.3) is 0 Å². The molecule has 6 nitrogen and oxygen atoms in total.